The minimum atomic E-state index is -0.0976. The van der Waals surface area contributed by atoms with Gasteiger partial charge in [0.15, 0.2) is 0 Å². The molecule has 2 heterocycles. The number of thiophene rings is 1. The Morgan fingerprint density at radius 2 is 1.77 bits per heavy atom. The van der Waals surface area contributed by atoms with Gasteiger partial charge in [0.1, 0.15) is 11.5 Å². The second kappa shape index (κ2) is 6.73. The second-order valence-corrected chi connectivity index (χ2v) is 7.31. The first-order valence-electron chi connectivity index (χ1n) is 8.44. The molecule has 0 saturated heterocycles. The number of amidine groups is 1. The summed E-state index contributed by atoms with van der Waals surface area (Å²) in [4.78, 5) is 20.6. The SMILES string of the molecule is Cc1ccc(C2=N/C(=C/c3cccs3)C(=O)N2c2cccc(C)c2)cc1. The Balaban J connectivity index is 1.84. The Hall–Kier alpha value is -2.98. The maximum atomic E-state index is 13.1. The highest BCUT2D eigenvalue weighted by Gasteiger charge is 2.32. The molecule has 1 aromatic heterocycles. The average Bonchev–Trinajstić information content (AvgIpc) is 3.25. The summed E-state index contributed by atoms with van der Waals surface area (Å²) in [6.45, 7) is 4.07. The summed E-state index contributed by atoms with van der Waals surface area (Å²) in [5, 5.41) is 1.99. The fourth-order valence-electron chi connectivity index (χ4n) is 2.93. The average molecular weight is 358 g/mol. The Morgan fingerprint density at radius 3 is 2.46 bits per heavy atom. The minimum Gasteiger partial charge on any atom is -0.266 e. The summed E-state index contributed by atoms with van der Waals surface area (Å²) in [7, 11) is 0. The van der Waals surface area contributed by atoms with E-state index < -0.39 is 0 Å². The van der Waals surface area contributed by atoms with E-state index in [1.54, 1.807) is 16.2 Å². The van der Waals surface area contributed by atoms with E-state index in [0.717, 1.165) is 21.7 Å². The van der Waals surface area contributed by atoms with Crippen LogP contribution in [0.5, 0.6) is 0 Å². The van der Waals surface area contributed by atoms with Gasteiger partial charge >= 0.3 is 0 Å². The summed E-state index contributed by atoms with van der Waals surface area (Å²) in [5.41, 5.74) is 4.51. The third-order valence-corrected chi connectivity index (χ3v) is 5.07. The summed E-state index contributed by atoms with van der Waals surface area (Å²) in [6.07, 6.45) is 1.86. The van der Waals surface area contributed by atoms with Crippen LogP contribution in [-0.4, -0.2) is 11.7 Å². The Kier molecular flexibility index (Phi) is 4.27. The lowest BCUT2D eigenvalue weighted by atomic mass is 10.1. The molecule has 0 radical (unpaired) electrons. The minimum absolute atomic E-state index is 0.0976. The predicted molar refractivity (Wildman–Crippen MR) is 109 cm³/mol. The zero-order valence-corrected chi connectivity index (χ0v) is 15.5. The molecule has 1 aliphatic rings. The molecule has 0 saturated carbocycles. The molecule has 1 aliphatic heterocycles. The first kappa shape index (κ1) is 16.5. The van der Waals surface area contributed by atoms with Crippen molar-refractivity contribution in [2.45, 2.75) is 13.8 Å². The number of benzene rings is 2. The normalized spacial score (nSPS) is 15.6. The molecule has 0 bridgehead atoms. The summed E-state index contributed by atoms with van der Waals surface area (Å²) in [6, 6.07) is 20.0. The molecule has 3 nitrogen and oxygen atoms in total. The van der Waals surface area contributed by atoms with Crippen LogP contribution in [0.2, 0.25) is 0 Å². The van der Waals surface area contributed by atoms with Crippen molar-refractivity contribution in [3.63, 3.8) is 0 Å². The number of carbonyl (C=O) groups excluding carboxylic acids is 1. The molecular weight excluding hydrogens is 340 g/mol. The van der Waals surface area contributed by atoms with Crippen molar-refractivity contribution in [3.8, 4) is 0 Å². The van der Waals surface area contributed by atoms with Crippen molar-refractivity contribution in [2.75, 3.05) is 4.90 Å². The molecule has 0 fully saturated rings. The maximum absolute atomic E-state index is 13.1. The lowest BCUT2D eigenvalue weighted by molar-refractivity contribution is -0.113. The van der Waals surface area contributed by atoms with E-state index in [-0.39, 0.29) is 5.91 Å². The van der Waals surface area contributed by atoms with Crippen molar-refractivity contribution < 1.29 is 4.79 Å². The highest BCUT2D eigenvalue weighted by molar-refractivity contribution is 7.10. The first-order valence-corrected chi connectivity index (χ1v) is 9.32. The molecule has 128 valence electrons. The standard InChI is InChI=1S/C22H18N2OS/c1-15-8-10-17(11-9-15)21-23-20(14-19-7-4-12-26-19)22(25)24(21)18-6-3-5-16(2)13-18/h3-14H,1-2H3/b20-14+. The quantitative estimate of drug-likeness (QED) is 0.592. The van der Waals surface area contributed by atoms with Crippen molar-refractivity contribution in [3.05, 3.63) is 93.3 Å². The van der Waals surface area contributed by atoms with Crippen LogP contribution in [0, 0.1) is 13.8 Å². The molecule has 26 heavy (non-hydrogen) atoms. The molecule has 4 rings (SSSR count). The van der Waals surface area contributed by atoms with Gasteiger partial charge in [-0.05, 0) is 49.1 Å². The van der Waals surface area contributed by atoms with Crippen LogP contribution in [0.1, 0.15) is 21.6 Å². The molecule has 4 heteroatoms. The number of anilines is 1. The monoisotopic (exact) mass is 358 g/mol. The third kappa shape index (κ3) is 3.11. The van der Waals surface area contributed by atoms with Gasteiger partial charge in [-0.3, -0.25) is 9.69 Å². The van der Waals surface area contributed by atoms with Gasteiger partial charge in [0.2, 0.25) is 0 Å². The van der Waals surface area contributed by atoms with Gasteiger partial charge in [-0.1, -0.05) is 48.0 Å². The van der Waals surface area contributed by atoms with Gasteiger partial charge in [0.25, 0.3) is 5.91 Å². The Morgan fingerprint density at radius 1 is 0.962 bits per heavy atom. The van der Waals surface area contributed by atoms with Crippen molar-refractivity contribution in [2.24, 2.45) is 4.99 Å². The first-order chi connectivity index (χ1) is 12.6. The van der Waals surface area contributed by atoms with Crippen LogP contribution in [0.15, 0.2) is 76.7 Å². The van der Waals surface area contributed by atoms with Crippen molar-refractivity contribution in [1.82, 2.24) is 0 Å². The zero-order valence-electron chi connectivity index (χ0n) is 14.6. The molecular formula is C22H18N2OS. The smallest absolute Gasteiger partial charge is 0.266 e. The topological polar surface area (TPSA) is 32.7 Å². The number of rotatable bonds is 3. The van der Waals surface area contributed by atoms with Crippen LogP contribution < -0.4 is 4.90 Å². The number of carbonyl (C=O) groups is 1. The molecule has 2 aromatic carbocycles. The predicted octanol–water partition coefficient (Wildman–Crippen LogP) is 5.20. The number of aryl methyl sites for hydroxylation is 2. The van der Waals surface area contributed by atoms with Gasteiger partial charge in [0, 0.05) is 10.4 Å². The molecule has 3 aromatic rings. The van der Waals surface area contributed by atoms with Gasteiger partial charge in [0.05, 0.1) is 5.69 Å². The van der Waals surface area contributed by atoms with Crippen LogP contribution in [0.25, 0.3) is 6.08 Å². The molecule has 0 unspecified atom stereocenters. The van der Waals surface area contributed by atoms with E-state index >= 15 is 0 Å². The molecule has 0 atom stereocenters. The summed E-state index contributed by atoms with van der Waals surface area (Å²) in [5.74, 6) is 0.572. The van der Waals surface area contributed by atoms with E-state index in [4.69, 9.17) is 4.99 Å². The van der Waals surface area contributed by atoms with Crippen LogP contribution >= 0.6 is 11.3 Å². The van der Waals surface area contributed by atoms with Crippen LogP contribution in [-0.2, 0) is 4.79 Å². The van der Waals surface area contributed by atoms with Gasteiger partial charge in [-0.25, -0.2) is 4.99 Å². The number of nitrogens with zero attached hydrogens (tertiary/aromatic N) is 2. The van der Waals surface area contributed by atoms with E-state index in [2.05, 4.69) is 0 Å². The number of hydrogen-bond acceptors (Lipinski definition) is 3. The third-order valence-electron chi connectivity index (χ3n) is 4.25. The molecule has 0 aliphatic carbocycles. The lowest BCUT2D eigenvalue weighted by Gasteiger charge is -2.19. The summed E-state index contributed by atoms with van der Waals surface area (Å²) >= 11 is 1.59. The fraction of sp³-hybridized carbons (Fsp3) is 0.0909. The Labute approximate surface area is 156 Å². The van der Waals surface area contributed by atoms with Crippen molar-refractivity contribution >= 4 is 34.8 Å². The Bertz CT molecular complexity index is 1010. The van der Waals surface area contributed by atoms with Crippen LogP contribution in [0.3, 0.4) is 0 Å². The van der Waals surface area contributed by atoms with E-state index in [0.29, 0.717) is 11.5 Å². The zero-order chi connectivity index (χ0) is 18.1. The number of aliphatic imine (C=N–C) groups is 1. The van der Waals surface area contributed by atoms with E-state index in [9.17, 15) is 4.79 Å². The van der Waals surface area contributed by atoms with E-state index in [1.165, 1.54) is 5.56 Å². The highest BCUT2D eigenvalue weighted by Crippen LogP contribution is 2.29. The molecule has 0 spiro atoms. The molecule has 1 amide bonds. The van der Waals surface area contributed by atoms with Crippen LogP contribution in [0.4, 0.5) is 5.69 Å². The number of amides is 1. The van der Waals surface area contributed by atoms with Gasteiger partial charge in [-0.15, -0.1) is 11.3 Å². The second-order valence-electron chi connectivity index (χ2n) is 6.33. The van der Waals surface area contributed by atoms with E-state index in [1.807, 2.05) is 86.0 Å². The van der Waals surface area contributed by atoms with Gasteiger partial charge in [-0.2, -0.15) is 0 Å². The largest absolute Gasteiger partial charge is 0.282 e. The maximum Gasteiger partial charge on any atom is 0.282 e. The van der Waals surface area contributed by atoms with Gasteiger partial charge < -0.3 is 0 Å². The molecule has 0 N–H and O–H groups in total. The summed E-state index contributed by atoms with van der Waals surface area (Å²) < 4.78 is 0. The van der Waals surface area contributed by atoms with Crippen molar-refractivity contribution in [1.29, 1.82) is 0 Å². The lowest BCUT2D eigenvalue weighted by Crippen LogP contribution is -2.32. The highest BCUT2D eigenvalue weighted by atomic mass is 32.1. The number of hydrogen-bond donors (Lipinski definition) is 0. The fourth-order valence-corrected chi connectivity index (χ4v) is 3.58.